The lowest BCUT2D eigenvalue weighted by atomic mass is 9.87. The predicted octanol–water partition coefficient (Wildman–Crippen LogP) is 3.02. The Morgan fingerprint density at radius 2 is 1.94 bits per heavy atom. The second kappa shape index (κ2) is 5.42. The molecule has 0 spiro atoms. The van der Waals surface area contributed by atoms with Gasteiger partial charge in [-0.05, 0) is 23.1 Å². The van der Waals surface area contributed by atoms with Gasteiger partial charge < -0.3 is 10.1 Å². The largest absolute Gasteiger partial charge is 0.378 e. The molecule has 0 aromatic heterocycles. The molecule has 0 saturated carbocycles. The molecule has 1 unspecified atom stereocenters. The van der Waals surface area contributed by atoms with Gasteiger partial charge >= 0.3 is 0 Å². The third-order valence-electron chi connectivity index (χ3n) is 2.89. The van der Waals surface area contributed by atoms with Crippen LogP contribution in [0.5, 0.6) is 0 Å². The Morgan fingerprint density at radius 3 is 2.47 bits per heavy atom. The van der Waals surface area contributed by atoms with Gasteiger partial charge in [-0.3, -0.25) is 0 Å². The normalized spacial score (nSPS) is 21.5. The molecule has 1 aromatic rings. The molecule has 1 atom stereocenters. The van der Waals surface area contributed by atoms with Gasteiger partial charge in [-0.25, -0.2) is 0 Å². The third kappa shape index (κ3) is 3.73. The predicted molar refractivity (Wildman–Crippen MR) is 73.6 cm³/mol. The molecule has 0 amide bonds. The topological polar surface area (TPSA) is 21.3 Å². The molecule has 17 heavy (non-hydrogen) atoms. The molecular formula is C14H21NOS. The summed E-state index contributed by atoms with van der Waals surface area (Å²) in [5.41, 5.74) is 1.62. The molecule has 1 heterocycles. The highest BCUT2D eigenvalue weighted by atomic mass is 32.2. The van der Waals surface area contributed by atoms with Crippen LogP contribution in [0.25, 0.3) is 0 Å². The van der Waals surface area contributed by atoms with Crippen molar-refractivity contribution in [2.75, 3.05) is 19.8 Å². The number of benzene rings is 1. The van der Waals surface area contributed by atoms with Crippen LogP contribution in [0.3, 0.4) is 0 Å². The number of hydrogen-bond acceptors (Lipinski definition) is 3. The van der Waals surface area contributed by atoms with E-state index in [1.165, 1.54) is 10.5 Å². The van der Waals surface area contributed by atoms with Gasteiger partial charge in [-0.2, -0.15) is 0 Å². The van der Waals surface area contributed by atoms with Crippen LogP contribution in [0.15, 0.2) is 29.2 Å². The Bertz CT molecular complexity index is 349. The van der Waals surface area contributed by atoms with Crippen LogP contribution in [-0.4, -0.2) is 25.1 Å². The molecule has 1 aliphatic heterocycles. The van der Waals surface area contributed by atoms with Crippen molar-refractivity contribution >= 4 is 11.8 Å². The zero-order valence-corrected chi connectivity index (χ0v) is 11.6. The second-order valence-electron chi connectivity index (χ2n) is 5.41. The second-order valence-corrected chi connectivity index (χ2v) is 6.69. The minimum atomic E-state index is 0.232. The average Bonchev–Trinajstić information content (AvgIpc) is 2.30. The lowest BCUT2D eigenvalue weighted by Gasteiger charge is -2.24. The van der Waals surface area contributed by atoms with Gasteiger partial charge in [0.2, 0.25) is 0 Å². The van der Waals surface area contributed by atoms with Crippen molar-refractivity contribution in [3.05, 3.63) is 29.8 Å². The van der Waals surface area contributed by atoms with Crippen molar-refractivity contribution < 1.29 is 4.74 Å². The quantitative estimate of drug-likeness (QED) is 0.873. The molecule has 0 bridgehead atoms. The Morgan fingerprint density at radius 1 is 1.24 bits per heavy atom. The molecule has 3 heteroatoms. The average molecular weight is 251 g/mol. The van der Waals surface area contributed by atoms with Crippen molar-refractivity contribution in [2.45, 2.75) is 36.5 Å². The van der Waals surface area contributed by atoms with Crippen LogP contribution in [-0.2, 0) is 10.2 Å². The third-order valence-corrected chi connectivity index (χ3v) is 4.02. The van der Waals surface area contributed by atoms with Crippen LogP contribution in [0.1, 0.15) is 26.3 Å². The summed E-state index contributed by atoms with van der Waals surface area (Å²) in [7, 11) is 0. The smallest absolute Gasteiger partial charge is 0.0817 e. The van der Waals surface area contributed by atoms with Crippen molar-refractivity contribution in [1.82, 2.24) is 5.32 Å². The molecule has 1 aromatic carbocycles. The summed E-state index contributed by atoms with van der Waals surface area (Å²) < 4.78 is 5.45. The fraction of sp³-hybridized carbons (Fsp3) is 0.571. The highest BCUT2D eigenvalue weighted by molar-refractivity contribution is 8.00. The van der Waals surface area contributed by atoms with Crippen LogP contribution in [0.4, 0.5) is 0 Å². The standard InChI is InChI=1S/C14H21NOS/c1-14(2,3)11-4-6-12(7-5-11)17-13-10-16-9-8-15-13/h4-7,13,15H,8-10H2,1-3H3. The van der Waals surface area contributed by atoms with Crippen LogP contribution in [0.2, 0.25) is 0 Å². The molecule has 2 nitrogen and oxygen atoms in total. The maximum atomic E-state index is 5.45. The molecule has 0 radical (unpaired) electrons. The van der Waals surface area contributed by atoms with Crippen molar-refractivity contribution in [2.24, 2.45) is 0 Å². The molecular weight excluding hydrogens is 230 g/mol. The zero-order valence-electron chi connectivity index (χ0n) is 10.8. The highest BCUT2D eigenvalue weighted by Gasteiger charge is 2.16. The summed E-state index contributed by atoms with van der Waals surface area (Å²) in [6, 6.07) is 8.88. The lowest BCUT2D eigenvalue weighted by Crippen LogP contribution is -2.38. The summed E-state index contributed by atoms with van der Waals surface area (Å²) in [5, 5.41) is 3.84. The van der Waals surface area contributed by atoms with Crippen LogP contribution < -0.4 is 5.32 Å². The molecule has 1 fully saturated rings. The van der Waals surface area contributed by atoms with Crippen molar-refractivity contribution in [1.29, 1.82) is 0 Å². The molecule has 94 valence electrons. The molecule has 1 saturated heterocycles. The van der Waals surface area contributed by atoms with E-state index < -0.39 is 0 Å². The lowest BCUT2D eigenvalue weighted by molar-refractivity contribution is 0.100. The van der Waals surface area contributed by atoms with Gasteiger partial charge in [0.25, 0.3) is 0 Å². The van der Waals surface area contributed by atoms with E-state index >= 15 is 0 Å². The number of hydrogen-bond donors (Lipinski definition) is 1. The van der Waals surface area contributed by atoms with E-state index in [1.807, 2.05) is 11.8 Å². The van der Waals surface area contributed by atoms with Crippen molar-refractivity contribution in [3.63, 3.8) is 0 Å². The first-order chi connectivity index (χ1) is 8.05. The van der Waals surface area contributed by atoms with E-state index in [2.05, 4.69) is 50.4 Å². The van der Waals surface area contributed by atoms with E-state index in [4.69, 9.17) is 4.74 Å². The number of nitrogens with one attached hydrogen (secondary N) is 1. The first-order valence-electron chi connectivity index (χ1n) is 6.14. The van der Waals surface area contributed by atoms with Gasteiger partial charge in [0.05, 0.1) is 18.6 Å². The number of morpholine rings is 1. The highest BCUT2D eigenvalue weighted by Crippen LogP contribution is 2.27. The summed E-state index contributed by atoms with van der Waals surface area (Å²) in [6.45, 7) is 9.31. The van der Waals surface area contributed by atoms with Crippen LogP contribution in [0, 0.1) is 0 Å². The molecule has 0 aliphatic carbocycles. The fourth-order valence-corrected chi connectivity index (χ4v) is 2.80. The first kappa shape index (κ1) is 12.9. The summed E-state index contributed by atoms with van der Waals surface area (Å²) >= 11 is 1.85. The van der Waals surface area contributed by atoms with Gasteiger partial charge in [-0.15, -0.1) is 11.8 Å². The fourth-order valence-electron chi connectivity index (χ4n) is 1.81. The van der Waals surface area contributed by atoms with Gasteiger partial charge in [-0.1, -0.05) is 32.9 Å². The summed E-state index contributed by atoms with van der Waals surface area (Å²) in [6.07, 6.45) is 0. The van der Waals surface area contributed by atoms with Gasteiger partial charge in [0.15, 0.2) is 0 Å². The first-order valence-corrected chi connectivity index (χ1v) is 7.02. The van der Waals surface area contributed by atoms with Gasteiger partial charge in [0, 0.05) is 11.4 Å². The SMILES string of the molecule is CC(C)(C)c1ccc(SC2COCCN2)cc1. The minimum Gasteiger partial charge on any atom is -0.378 e. The maximum Gasteiger partial charge on any atom is 0.0817 e. The van der Waals surface area contributed by atoms with E-state index in [0.717, 1.165) is 19.8 Å². The minimum absolute atomic E-state index is 0.232. The van der Waals surface area contributed by atoms with E-state index in [0.29, 0.717) is 5.37 Å². The summed E-state index contributed by atoms with van der Waals surface area (Å²) in [4.78, 5) is 1.31. The summed E-state index contributed by atoms with van der Waals surface area (Å²) in [5.74, 6) is 0. The molecule has 1 N–H and O–H groups in total. The van der Waals surface area contributed by atoms with E-state index in [1.54, 1.807) is 0 Å². The van der Waals surface area contributed by atoms with E-state index in [-0.39, 0.29) is 5.41 Å². The Hall–Kier alpha value is -0.510. The number of thioether (sulfide) groups is 1. The Labute approximate surface area is 108 Å². The number of rotatable bonds is 2. The Kier molecular flexibility index (Phi) is 4.13. The maximum absolute atomic E-state index is 5.45. The number of ether oxygens (including phenoxy) is 1. The van der Waals surface area contributed by atoms with Crippen LogP contribution >= 0.6 is 11.8 Å². The van der Waals surface area contributed by atoms with Gasteiger partial charge in [0.1, 0.15) is 0 Å². The zero-order chi connectivity index (χ0) is 12.3. The van der Waals surface area contributed by atoms with Crippen molar-refractivity contribution in [3.8, 4) is 0 Å². The Balaban J connectivity index is 1.98. The molecule has 2 rings (SSSR count). The molecule has 1 aliphatic rings. The van der Waals surface area contributed by atoms with E-state index in [9.17, 15) is 0 Å². The monoisotopic (exact) mass is 251 g/mol.